The molecule has 2 rings (SSSR count). The molecule has 0 saturated heterocycles. The number of hydrogen-bond acceptors (Lipinski definition) is 6. The summed E-state index contributed by atoms with van der Waals surface area (Å²) in [5, 5.41) is 0. The molecule has 0 fully saturated rings. The van der Waals surface area contributed by atoms with Crippen LogP contribution in [0.4, 0.5) is 0 Å². The Labute approximate surface area is 163 Å². The van der Waals surface area contributed by atoms with Gasteiger partial charge in [0.25, 0.3) is 0 Å². The molecule has 0 aliphatic heterocycles. The number of ketones is 4. The molecule has 0 heterocycles. The van der Waals surface area contributed by atoms with Gasteiger partial charge in [-0.15, -0.1) is 0 Å². The standard InChI is InChI=1S/C22H22O6/c23-19(13-21(25)17-7-3-1-4-8-17)15-27-11-12-28-16-20(24)14-22(26)18-9-5-2-6-10-18/h1-10H,11-16H2. The molecule has 0 amide bonds. The number of hydrogen-bond donors (Lipinski definition) is 0. The molecular weight excluding hydrogens is 360 g/mol. The monoisotopic (exact) mass is 382 g/mol. The highest BCUT2D eigenvalue weighted by Crippen LogP contribution is 2.04. The van der Waals surface area contributed by atoms with Gasteiger partial charge in [-0.1, -0.05) is 60.7 Å². The molecule has 28 heavy (non-hydrogen) atoms. The molecule has 0 radical (unpaired) electrons. The average molecular weight is 382 g/mol. The summed E-state index contributed by atoms with van der Waals surface area (Å²) in [6, 6.07) is 17.2. The van der Waals surface area contributed by atoms with Crippen LogP contribution in [0.2, 0.25) is 0 Å². The van der Waals surface area contributed by atoms with Crippen LogP contribution in [-0.4, -0.2) is 49.6 Å². The first-order valence-electron chi connectivity index (χ1n) is 8.91. The second-order valence-corrected chi connectivity index (χ2v) is 6.11. The second-order valence-electron chi connectivity index (χ2n) is 6.11. The Balaban J connectivity index is 1.54. The zero-order valence-corrected chi connectivity index (χ0v) is 15.5. The van der Waals surface area contributed by atoms with Crippen molar-refractivity contribution in [3.8, 4) is 0 Å². The first-order valence-corrected chi connectivity index (χ1v) is 8.91. The van der Waals surface area contributed by atoms with E-state index in [1.807, 2.05) is 0 Å². The van der Waals surface area contributed by atoms with Crippen molar-refractivity contribution in [1.82, 2.24) is 0 Å². The molecule has 2 aromatic carbocycles. The van der Waals surface area contributed by atoms with Crippen LogP contribution in [0.15, 0.2) is 60.7 Å². The quantitative estimate of drug-likeness (QED) is 0.301. The van der Waals surface area contributed by atoms with Crippen molar-refractivity contribution >= 4 is 23.1 Å². The van der Waals surface area contributed by atoms with Gasteiger partial charge in [-0.25, -0.2) is 0 Å². The van der Waals surface area contributed by atoms with Crippen molar-refractivity contribution in [3.63, 3.8) is 0 Å². The van der Waals surface area contributed by atoms with Crippen LogP contribution < -0.4 is 0 Å². The van der Waals surface area contributed by atoms with Gasteiger partial charge in [-0.2, -0.15) is 0 Å². The highest BCUT2D eigenvalue weighted by molar-refractivity contribution is 6.08. The fraction of sp³-hybridized carbons (Fsp3) is 0.273. The van der Waals surface area contributed by atoms with Crippen LogP contribution >= 0.6 is 0 Å². The van der Waals surface area contributed by atoms with E-state index in [-0.39, 0.29) is 62.4 Å². The molecule has 0 spiro atoms. The predicted octanol–water partition coefficient (Wildman–Crippen LogP) is 2.70. The summed E-state index contributed by atoms with van der Waals surface area (Å²) in [5.74, 6) is -1.14. The molecule has 0 aliphatic rings. The minimum absolute atomic E-state index is 0.116. The summed E-state index contributed by atoms with van der Waals surface area (Å²) in [5.41, 5.74) is 0.977. The maximum absolute atomic E-state index is 11.9. The summed E-state index contributed by atoms with van der Waals surface area (Å²) >= 11 is 0. The average Bonchev–Trinajstić information content (AvgIpc) is 2.71. The Hall–Kier alpha value is -2.96. The first-order chi connectivity index (χ1) is 13.6. The van der Waals surface area contributed by atoms with Crippen LogP contribution in [0.5, 0.6) is 0 Å². The van der Waals surface area contributed by atoms with E-state index in [0.29, 0.717) is 11.1 Å². The van der Waals surface area contributed by atoms with Gasteiger partial charge in [-0.3, -0.25) is 19.2 Å². The van der Waals surface area contributed by atoms with Gasteiger partial charge < -0.3 is 9.47 Å². The fourth-order valence-corrected chi connectivity index (χ4v) is 2.40. The third-order valence-corrected chi connectivity index (χ3v) is 3.81. The Kier molecular flexibility index (Phi) is 8.91. The zero-order chi connectivity index (χ0) is 20.2. The minimum atomic E-state index is -0.321. The van der Waals surface area contributed by atoms with Crippen molar-refractivity contribution < 1.29 is 28.7 Å². The van der Waals surface area contributed by atoms with E-state index in [4.69, 9.17) is 9.47 Å². The summed E-state index contributed by atoms with van der Waals surface area (Å²) in [6.07, 6.45) is -0.435. The van der Waals surface area contributed by atoms with Gasteiger partial charge in [0.2, 0.25) is 0 Å². The van der Waals surface area contributed by atoms with E-state index in [1.165, 1.54) is 0 Å². The van der Waals surface area contributed by atoms with E-state index in [0.717, 1.165) is 0 Å². The lowest BCUT2D eigenvalue weighted by Crippen LogP contribution is -2.18. The van der Waals surface area contributed by atoms with Crippen LogP contribution in [0.25, 0.3) is 0 Å². The van der Waals surface area contributed by atoms with Gasteiger partial charge in [-0.05, 0) is 0 Å². The van der Waals surface area contributed by atoms with E-state index in [1.54, 1.807) is 60.7 Å². The lowest BCUT2D eigenvalue weighted by molar-refractivity contribution is -0.126. The Morgan fingerprint density at radius 2 is 0.929 bits per heavy atom. The number of rotatable bonds is 13. The molecule has 0 saturated carbocycles. The molecule has 6 heteroatoms. The molecule has 146 valence electrons. The molecule has 0 N–H and O–H groups in total. The first kappa shape index (κ1) is 21.3. The molecule has 0 atom stereocenters. The highest BCUT2D eigenvalue weighted by Gasteiger charge is 2.13. The smallest absolute Gasteiger partial charge is 0.170 e. The normalized spacial score (nSPS) is 10.4. The van der Waals surface area contributed by atoms with E-state index < -0.39 is 0 Å². The highest BCUT2D eigenvalue weighted by atomic mass is 16.5. The molecule has 0 bridgehead atoms. The molecule has 0 aliphatic carbocycles. The third-order valence-electron chi connectivity index (χ3n) is 3.81. The molecule has 0 aromatic heterocycles. The largest absolute Gasteiger partial charge is 0.371 e. The second kappa shape index (κ2) is 11.7. The lowest BCUT2D eigenvalue weighted by Gasteiger charge is -2.05. The number of carbonyl (C=O) groups excluding carboxylic acids is 4. The molecule has 6 nitrogen and oxygen atoms in total. The summed E-state index contributed by atoms with van der Waals surface area (Å²) in [4.78, 5) is 47.3. The van der Waals surface area contributed by atoms with Crippen molar-refractivity contribution in [2.24, 2.45) is 0 Å². The minimum Gasteiger partial charge on any atom is -0.371 e. The SMILES string of the molecule is O=C(COCCOCC(=O)CC(=O)c1ccccc1)CC(=O)c1ccccc1. The number of Topliss-reactive ketones (excluding diaryl/α,β-unsaturated/α-hetero) is 4. The van der Waals surface area contributed by atoms with Gasteiger partial charge in [0, 0.05) is 11.1 Å². The van der Waals surface area contributed by atoms with Crippen molar-refractivity contribution in [2.75, 3.05) is 26.4 Å². The summed E-state index contributed by atoms with van der Waals surface area (Å²) < 4.78 is 10.3. The number of ether oxygens (including phenoxy) is 2. The van der Waals surface area contributed by atoms with E-state index in [2.05, 4.69) is 0 Å². The van der Waals surface area contributed by atoms with Crippen LogP contribution in [0.3, 0.4) is 0 Å². The van der Waals surface area contributed by atoms with Crippen molar-refractivity contribution in [2.45, 2.75) is 12.8 Å². The van der Waals surface area contributed by atoms with E-state index in [9.17, 15) is 19.2 Å². The molecule has 2 aromatic rings. The maximum Gasteiger partial charge on any atom is 0.170 e. The molecular formula is C22H22O6. The van der Waals surface area contributed by atoms with Gasteiger partial charge >= 0.3 is 0 Å². The van der Waals surface area contributed by atoms with Gasteiger partial charge in [0.05, 0.1) is 26.1 Å². The van der Waals surface area contributed by atoms with Crippen LogP contribution in [-0.2, 0) is 19.1 Å². The predicted molar refractivity (Wildman–Crippen MR) is 102 cm³/mol. The van der Waals surface area contributed by atoms with Crippen LogP contribution in [0.1, 0.15) is 33.6 Å². The topological polar surface area (TPSA) is 86.7 Å². The molecule has 0 unspecified atom stereocenters. The van der Waals surface area contributed by atoms with E-state index >= 15 is 0 Å². The van der Waals surface area contributed by atoms with Crippen molar-refractivity contribution in [3.05, 3.63) is 71.8 Å². The van der Waals surface area contributed by atoms with Gasteiger partial charge in [0.15, 0.2) is 23.1 Å². The maximum atomic E-state index is 11.9. The number of benzene rings is 2. The van der Waals surface area contributed by atoms with Gasteiger partial charge in [0.1, 0.15) is 13.2 Å². The van der Waals surface area contributed by atoms with Crippen molar-refractivity contribution in [1.29, 1.82) is 0 Å². The third kappa shape index (κ3) is 7.73. The van der Waals surface area contributed by atoms with Crippen LogP contribution in [0, 0.1) is 0 Å². The Morgan fingerprint density at radius 1 is 0.571 bits per heavy atom. The summed E-state index contributed by atoms with van der Waals surface area (Å²) in [6.45, 7) is -0.152. The number of carbonyl (C=O) groups is 4. The zero-order valence-electron chi connectivity index (χ0n) is 15.5. The lowest BCUT2D eigenvalue weighted by atomic mass is 10.1. The summed E-state index contributed by atoms with van der Waals surface area (Å²) in [7, 11) is 0. The Morgan fingerprint density at radius 3 is 1.29 bits per heavy atom. The Bertz CT molecular complexity index is 729. The fourth-order valence-electron chi connectivity index (χ4n) is 2.40.